The Morgan fingerprint density at radius 2 is 1.57 bits per heavy atom. The van der Waals surface area contributed by atoms with Crippen LogP contribution in [-0.4, -0.2) is 47.6 Å². The minimum Gasteiger partial charge on any atom is -0.392 e. The van der Waals surface area contributed by atoms with Gasteiger partial charge in [-0.3, -0.25) is 4.79 Å². The molecule has 0 radical (unpaired) electrons. The van der Waals surface area contributed by atoms with Crippen molar-refractivity contribution in [3.05, 3.63) is 58.1 Å². The standard InChI is InChI=1S/C25H35NO7S2/c1-16(2)22-9-18(14-33-6)10-23(17(3)4)24(22)12-20(28)15-34(29,30)25-8-7-21(11-19(25)13-27)35(31,32)26-5/h7-11,16-17,26-27H,12-15H2,1-6H3. The van der Waals surface area contributed by atoms with E-state index in [0.29, 0.717) is 6.61 Å². The number of methoxy groups -OCH3 is 1. The fourth-order valence-corrected chi connectivity index (χ4v) is 6.33. The molecule has 0 aliphatic carbocycles. The maximum absolute atomic E-state index is 13.1. The number of carbonyl (C=O) groups excluding carboxylic acids is 1. The molecule has 0 aliphatic heterocycles. The van der Waals surface area contributed by atoms with Crippen molar-refractivity contribution in [2.45, 2.75) is 69.0 Å². The number of nitrogens with one attached hydrogen (secondary N) is 1. The predicted molar refractivity (Wildman–Crippen MR) is 135 cm³/mol. The lowest BCUT2D eigenvalue weighted by atomic mass is 9.84. The topological polar surface area (TPSA) is 127 Å². The summed E-state index contributed by atoms with van der Waals surface area (Å²) in [5.41, 5.74) is 3.70. The van der Waals surface area contributed by atoms with Crippen LogP contribution in [0.4, 0.5) is 0 Å². The third-order valence-electron chi connectivity index (χ3n) is 5.78. The molecule has 2 rings (SSSR count). The minimum atomic E-state index is -4.12. The van der Waals surface area contributed by atoms with E-state index in [4.69, 9.17) is 4.74 Å². The molecule has 2 N–H and O–H groups in total. The number of benzene rings is 2. The van der Waals surface area contributed by atoms with Gasteiger partial charge in [0, 0.05) is 13.5 Å². The first-order valence-electron chi connectivity index (χ1n) is 11.3. The van der Waals surface area contributed by atoms with Crippen LogP contribution in [-0.2, 0) is 49.0 Å². The van der Waals surface area contributed by atoms with Gasteiger partial charge in [-0.15, -0.1) is 0 Å². The van der Waals surface area contributed by atoms with Crippen molar-refractivity contribution in [2.75, 3.05) is 19.9 Å². The molecule has 0 aromatic heterocycles. The van der Waals surface area contributed by atoms with Gasteiger partial charge in [-0.25, -0.2) is 21.6 Å². The van der Waals surface area contributed by atoms with Crippen LogP contribution in [0.3, 0.4) is 0 Å². The van der Waals surface area contributed by atoms with Gasteiger partial charge in [-0.2, -0.15) is 0 Å². The lowest BCUT2D eigenvalue weighted by molar-refractivity contribution is -0.116. The van der Waals surface area contributed by atoms with Crippen LogP contribution in [0.15, 0.2) is 40.1 Å². The third kappa shape index (κ3) is 6.98. The molecule has 0 spiro atoms. The second kappa shape index (κ2) is 11.7. The molecule has 0 fully saturated rings. The van der Waals surface area contributed by atoms with E-state index in [1.165, 1.54) is 7.05 Å². The molecule has 2 aromatic carbocycles. The van der Waals surface area contributed by atoms with Gasteiger partial charge in [0.05, 0.1) is 23.0 Å². The first kappa shape index (κ1) is 29.1. The second-order valence-corrected chi connectivity index (χ2v) is 12.9. The highest BCUT2D eigenvalue weighted by Crippen LogP contribution is 2.31. The van der Waals surface area contributed by atoms with Crippen LogP contribution in [0.2, 0.25) is 0 Å². The normalized spacial score (nSPS) is 12.5. The van der Waals surface area contributed by atoms with Crippen LogP contribution in [0.1, 0.15) is 67.3 Å². The number of hydrogen-bond donors (Lipinski definition) is 2. The van der Waals surface area contributed by atoms with E-state index in [-0.39, 0.29) is 33.6 Å². The maximum Gasteiger partial charge on any atom is 0.240 e. The molecule has 0 saturated heterocycles. The number of ether oxygens (including phenoxy) is 1. The monoisotopic (exact) mass is 525 g/mol. The van der Waals surface area contributed by atoms with Crippen molar-refractivity contribution in [2.24, 2.45) is 0 Å². The van der Waals surface area contributed by atoms with E-state index in [1.54, 1.807) is 7.11 Å². The Bertz CT molecular complexity index is 1250. The first-order chi connectivity index (χ1) is 16.3. The lowest BCUT2D eigenvalue weighted by Gasteiger charge is -2.21. The number of rotatable bonds is 12. The third-order valence-corrected chi connectivity index (χ3v) is 8.96. The highest BCUT2D eigenvalue weighted by Gasteiger charge is 2.26. The number of Topliss-reactive ketones (excluding diaryl/α,β-unsaturated/α-hetero) is 1. The maximum atomic E-state index is 13.1. The molecule has 0 aliphatic rings. The Morgan fingerprint density at radius 3 is 2.03 bits per heavy atom. The molecule has 0 bridgehead atoms. The summed E-state index contributed by atoms with van der Waals surface area (Å²) >= 11 is 0. The Labute approximate surface area is 208 Å². The van der Waals surface area contributed by atoms with Crippen LogP contribution >= 0.6 is 0 Å². The number of carbonyl (C=O) groups is 1. The van der Waals surface area contributed by atoms with Gasteiger partial charge in [-0.05, 0) is 64.9 Å². The predicted octanol–water partition coefficient (Wildman–Crippen LogP) is 3.07. The largest absolute Gasteiger partial charge is 0.392 e. The quantitative estimate of drug-likeness (QED) is 0.436. The molecular formula is C25H35NO7S2. The Balaban J connectivity index is 2.44. The number of hydrogen-bond acceptors (Lipinski definition) is 7. The zero-order chi connectivity index (χ0) is 26.6. The fraction of sp³-hybridized carbons (Fsp3) is 0.480. The lowest BCUT2D eigenvalue weighted by Crippen LogP contribution is -2.22. The molecule has 0 saturated carbocycles. The summed E-state index contributed by atoms with van der Waals surface area (Å²) in [6.07, 6.45) is -0.0474. The second-order valence-electron chi connectivity index (χ2n) is 9.10. The first-order valence-corrected chi connectivity index (χ1v) is 14.5. The molecule has 0 unspecified atom stereocenters. The number of ketones is 1. The van der Waals surface area contributed by atoms with Crippen molar-refractivity contribution < 1.29 is 31.5 Å². The van der Waals surface area contributed by atoms with Crippen LogP contribution in [0.25, 0.3) is 0 Å². The van der Waals surface area contributed by atoms with Gasteiger partial charge in [0.2, 0.25) is 10.0 Å². The van der Waals surface area contributed by atoms with Crippen LogP contribution < -0.4 is 4.72 Å². The summed E-state index contributed by atoms with van der Waals surface area (Å²) in [5, 5.41) is 9.70. The van der Waals surface area contributed by atoms with E-state index in [1.807, 2.05) is 39.8 Å². The SMILES string of the molecule is CNS(=O)(=O)c1ccc(S(=O)(=O)CC(=O)Cc2c(C(C)C)cc(COC)cc2C(C)C)c(CO)c1. The molecule has 194 valence electrons. The number of aliphatic hydroxyl groups is 1. The number of aliphatic hydroxyl groups excluding tert-OH is 1. The Kier molecular flexibility index (Phi) is 9.78. The average molecular weight is 526 g/mol. The molecule has 2 aromatic rings. The molecule has 35 heavy (non-hydrogen) atoms. The minimum absolute atomic E-state index is 0.0474. The fourth-order valence-electron chi connectivity index (χ4n) is 4.07. The zero-order valence-electron chi connectivity index (χ0n) is 21.1. The van der Waals surface area contributed by atoms with Crippen molar-refractivity contribution in [3.8, 4) is 0 Å². The van der Waals surface area contributed by atoms with E-state index in [9.17, 15) is 26.7 Å². The summed E-state index contributed by atoms with van der Waals surface area (Å²) in [5.74, 6) is -1.01. The molecule has 0 atom stereocenters. The van der Waals surface area contributed by atoms with Gasteiger partial charge in [0.1, 0.15) is 5.75 Å². The molecule has 0 amide bonds. The van der Waals surface area contributed by atoms with Crippen LogP contribution in [0, 0.1) is 0 Å². The highest BCUT2D eigenvalue weighted by molar-refractivity contribution is 7.92. The van der Waals surface area contributed by atoms with Gasteiger partial charge >= 0.3 is 0 Å². The summed E-state index contributed by atoms with van der Waals surface area (Å²) < 4.78 is 57.7. The Hall–Kier alpha value is -2.11. The summed E-state index contributed by atoms with van der Waals surface area (Å²) in [7, 11) is -5.09. The van der Waals surface area contributed by atoms with E-state index in [2.05, 4.69) is 4.72 Å². The van der Waals surface area contributed by atoms with Gasteiger partial charge in [0.15, 0.2) is 15.6 Å². The van der Waals surface area contributed by atoms with Gasteiger partial charge < -0.3 is 9.84 Å². The molecular weight excluding hydrogens is 490 g/mol. The summed E-state index contributed by atoms with van der Waals surface area (Å²) in [6.45, 7) is 7.84. The van der Waals surface area contributed by atoms with Crippen molar-refractivity contribution >= 4 is 25.6 Å². The van der Waals surface area contributed by atoms with E-state index in [0.717, 1.165) is 40.5 Å². The van der Waals surface area contributed by atoms with Gasteiger partial charge in [-0.1, -0.05) is 39.8 Å². The van der Waals surface area contributed by atoms with Crippen LogP contribution in [0.5, 0.6) is 0 Å². The molecule has 8 nitrogen and oxygen atoms in total. The summed E-state index contributed by atoms with van der Waals surface area (Å²) in [4.78, 5) is 12.6. The van der Waals surface area contributed by atoms with Gasteiger partial charge in [0.25, 0.3) is 0 Å². The van der Waals surface area contributed by atoms with Crippen molar-refractivity contribution in [1.29, 1.82) is 0 Å². The Morgan fingerprint density at radius 1 is 1.00 bits per heavy atom. The zero-order valence-corrected chi connectivity index (χ0v) is 22.7. The smallest absolute Gasteiger partial charge is 0.240 e. The van der Waals surface area contributed by atoms with Crippen molar-refractivity contribution in [1.82, 2.24) is 4.72 Å². The van der Waals surface area contributed by atoms with E-state index < -0.39 is 38.0 Å². The number of sulfonamides is 1. The van der Waals surface area contributed by atoms with Crippen molar-refractivity contribution in [3.63, 3.8) is 0 Å². The number of sulfone groups is 1. The van der Waals surface area contributed by atoms with E-state index >= 15 is 0 Å². The molecule has 10 heteroatoms. The molecule has 0 heterocycles. The average Bonchev–Trinajstić information content (AvgIpc) is 2.78. The summed E-state index contributed by atoms with van der Waals surface area (Å²) in [6, 6.07) is 7.37. The highest BCUT2D eigenvalue weighted by atomic mass is 32.2.